The van der Waals surface area contributed by atoms with Gasteiger partial charge in [-0.05, 0) is 38.3 Å². The summed E-state index contributed by atoms with van der Waals surface area (Å²) in [6.45, 7) is 1.26. The van der Waals surface area contributed by atoms with Crippen molar-refractivity contribution in [2.45, 2.75) is 57.6 Å². The Morgan fingerprint density at radius 2 is 1.90 bits per heavy atom. The van der Waals surface area contributed by atoms with Crippen molar-refractivity contribution in [1.82, 2.24) is 9.76 Å². The zero-order chi connectivity index (χ0) is 16.3. The molecule has 0 radical (unpaired) electrons. The van der Waals surface area contributed by atoms with Crippen LogP contribution in [0.3, 0.4) is 0 Å². The van der Waals surface area contributed by atoms with E-state index in [2.05, 4.69) is 18.3 Å². The van der Waals surface area contributed by atoms with E-state index >= 15 is 0 Å². The van der Waals surface area contributed by atoms with E-state index in [1.165, 1.54) is 34.6 Å². The lowest BCUT2D eigenvalue weighted by Crippen LogP contribution is -2.28. The maximum absolute atomic E-state index is 12.8. The molecular weight excluding hydrogens is 323 g/mol. The van der Waals surface area contributed by atoms with E-state index in [1.807, 2.05) is 18.7 Å². The smallest absolute Gasteiger partial charge is 0.276 e. The van der Waals surface area contributed by atoms with Gasteiger partial charge in [0.25, 0.3) is 6.65 Å². The summed E-state index contributed by atoms with van der Waals surface area (Å²) in [5.41, 5.74) is 0. The van der Waals surface area contributed by atoms with Crippen LogP contribution in [0, 0.1) is 0 Å². The van der Waals surface area contributed by atoms with E-state index in [0.717, 1.165) is 19.3 Å². The van der Waals surface area contributed by atoms with Crippen molar-refractivity contribution < 1.29 is 9.36 Å². The third-order valence-corrected chi connectivity index (χ3v) is 9.90. The van der Waals surface area contributed by atoms with Crippen LogP contribution in [-0.4, -0.2) is 41.9 Å². The third-order valence-electron chi connectivity index (χ3n) is 3.43. The molecule has 0 aromatic rings. The molecule has 4 nitrogen and oxygen atoms in total. The van der Waals surface area contributed by atoms with Gasteiger partial charge in [0.15, 0.2) is 0 Å². The first-order chi connectivity index (χ1) is 9.91. The molecule has 1 amide bonds. The Balaban J connectivity index is 4.23. The van der Waals surface area contributed by atoms with Crippen LogP contribution in [0.25, 0.3) is 0 Å². The van der Waals surface area contributed by atoms with E-state index < -0.39 is 6.65 Å². The third kappa shape index (κ3) is 8.53. The van der Waals surface area contributed by atoms with E-state index in [1.54, 1.807) is 14.1 Å². The van der Waals surface area contributed by atoms with E-state index in [4.69, 9.17) is 0 Å². The molecule has 0 aromatic heterocycles. The Morgan fingerprint density at radius 3 is 2.43 bits per heavy atom. The van der Waals surface area contributed by atoms with Gasteiger partial charge in [0.05, 0.1) is 0 Å². The van der Waals surface area contributed by atoms with Crippen molar-refractivity contribution in [3.05, 3.63) is 0 Å². The first-order valence-corrected chi connectivity index (χ1v) is 12.2. The Labute approximate surface area is 138 Å². The Hall–Kier alpha value is 0.360. The van der Waals surface area contributed by atoms with Crippen LogP contribution in [0.5, 0.6) is 0 Å². The average Bonchev–Trinajstić information content (AvgIpc) is 2.49. The monoisotopic (exact) mass is 354 g/mol. The molecule has 2 unspecified atom stereocenters. The Bertz CT molecular complexity index is 343. The predicted molar refractivity (Wildman–Crippen MR) is 98.2 cm³/mol. The number of thioether (sulfide) groups is 1. The molecule has 0 fully saturated rings. The molecule has 21 heavy (non-hydrogen) atoms. The Morgan fingerprint density at radius 1 is 1.29 bits per heavy atom. The molecule has 0 rings (SSSR count). The second-order valence-electron chi connectivity index (χ2n) is 5.14. The molecule has 1 N–H and O–H groups in total. The van der Waals surface area contributed by atoms with Crippen LogP contribution in [0.2, 0.25) is 0 Å². The molecule has 0 saturated heterocycles. The van der Waals surface area contributed by atoms with Crippen molar-refractivity contribution in [3.63, 3.8) is 0 Å². The van der Waals surface area contributed by atoms with Crippen molar-refractivity contribution in [3.8, 4) is 0 Å². The number of amides is 1. The minimum absolute atomic E-state index is 0.0200. The fraction of sp³-hybridized carbons (Fsp3) is 0.929. The van der Waals surface area contributed by atoms with Crippen LogP contribution >= 0.6 is 29.8 Å². The van der Waals surface area contributed by atoms with E-state index in [9.17, 15) is 9.36 Å². The molecule has 2 atom stereocenters. The summed E-state index contributed by atoms with van der Waals surface area (Å²) in [7, 11) is 3.32. The first-order valence-electron chi connectivity index (χ1n) is 7.64. The largest absolute Gasteiger partial charge is 0.294 e. The van der Waals surface area contributed by atoms with Crippen molar-refractivity contribution in [2.75, 3.05) is 26.1 Å². The number of rotatable bonds is 12. The molecule has 7 heteroatoms. The standard InChI is InChI=1S/C14H31N2O2PS2/c1-6-13(2)21-19(18,15-3)16(4)14(17)11-9-7-8-10-12-20-5/h13H,6-12H2,1-5H3,(H,15,18). The summed E-state index contributed by atoms with van der Waals surface area (Å²) in [4.78, 5) is 12.2. The van der Waals surface area contributed by atoms with Gasteiger partial charge < -0.3 is 0 Å². The topological polar surface area (TPSA) is 49.4 Å². The highest BCUT2D eigenvalue weighted by Gasteiger charge is 2.31. The molecule has 126 valence electrons. The molecular formula is C14H31N2O2PS2. The second kappa shape index (κ2) is 11.9. The summed E-state index contributed by atoms with van der Waals surface area (Å²) in [5, 5.41) is 3.13. The van der Waals surface area contributed by atoms with E-state index in [-0.39, 0.29) is 11.2 Å². The normalized spacial score (nSPS) is 15.5. The summed E-state index contributed by atoms with van der Waals surface area (Å²) in [5.74, 6) is 1.17. The predicted octanol–water partition coefficient (Wildman–Crippen LogP) is 4.62. The molecule has 0 aliphatic heterocycles. The van der Waals surface area contributed by atoms with Crippen LogP contribution in [0.15, 0.2) is 0 Å². The van der Waals surface area contributed by atoms with E-state index in [0.29, 0.717) is 6.42 Å². The lowest BCUT2D eigenvalue weighted by molar-refractivity contribution is -0.125. The van der Waals surface area contributed by atoms with Crippen molar-refractivity contribution in [2.24, 2.45) is 0 Å². The number of nitrogens with one attached hydrogen (secondary N) is 1. The van der Waals surface area contributed by atoms with Gasteiger partial charge in [-0.15, -0.1) is 0 Å². The zero-order valence-corrected chi connectivity index (χ0v) is 16.6. The minimum atomic E-state index is -2.84. The highest BCUT2D eigenvalue weighted by Crippen LogP contribution is 2.59. The first kappa shape index (κ1) is 21.4. The van der Waals surface area contributed by atoms with Crippen molar-refractivity contribution >= 4 is 35.7 Å². The lowest BCUT2D eigenvalue weighted by Gasteiger charge is -2.28. The van der Waals surface area contributed by atoms with Crippen LogP contribution in [-0.2, 0) is 9.36 Å². The van der Waals surface area contributed by atoms with Gasteiger partial charge in [-0.3, -0.25) is 14.0 Å². The van der Waals surface area contributed by atoms with Gasteiger partial charge in [-0.2, -0.15) is 11.8 Å². The lowest BCUT2D eigenvalue weighted by atomic mass is 10.1. The minimum Gasteiger partial charge on any atom is -0.276 e. The molecule has 0 saturated carbocycles. The zero-order valence-electron chi connectivity index (χ0n) is 14.1. The van der Waals surface area contributed by atoms with Gasteiger partial charge in [-0.1, -0.05) is 38.1 Å². The maximum atomic E-state index is 12.8. The molecule has 0 heterocycles. The molecule has 0 aliphatic carbocycles. The number of nitrogens with zero attached hydrogens (tertiary/aromatic N) is 1. The summed E-state index contributed by atoms with van der Waals surface area (Å²) in [6.07, 6.45) is 7.88. The highest BCUT2D eigenvalue weighted by molar-refractivity contribution is 8.57. The average molecular weight is 355 g/mol. The number of unbranched alkanes of at least 4 members (excludes halogenated alkanes) is 3. The fourth-order valence-corrected chi connectivity index (χ4v) is 6.77. The number of hydrogen-bond acceptors (Lipinski definition) is 4. The number of hydrogen-bond donors (Lipinski definition) is 1. The SMILES string of the molecule is CCC(C)SP(=O)(NC)N(C)C(=O)CCCCCCSC. The quantitative estimate of drug-likeness (QED) is 0.409. The van der Waals surface area contributed by atoms with Gasteiger partial charge in [0.2, 0.25) is 5.91 Å². The second-order valence-corrected chi connectivity index (χ2v) is 11.3. The number of carbonyl (C=O) groups excluding carboxylic acids is 1. The number of carbonyl (C=O) groups is 1. The van der Waals surface area contributed by atoms with Gasteiger partial charge >= 0.3 is 0 Å². The molecule has 0 spiro atoms. The molecule has 0 bridgehead atoms. The van der Waals surface area contributed by atoms with Crippen molar-refractivity contribution in [1.29, 1.82) is 0 Å². The van der Waals surface area contributed by atoms with Gasteiger partial charge in [0, 0.05) is 18.7 Å². The highest BCUT2D eigenvalue weighted by atomic mass is 32.7. The maximum Gasteiger partial charge on any atom is 0.294 e. The summed E-state index contributed by atoms with van der Waals surface area (Å²) < 4.78 is 14.3. The summed E-state index contributed by atoms with van der Waals surface area (Å²) >= 11 is 3.24. The fourth-order valence-electron chi connectivity index (χ4n) is 1.78. The van der Waals surface area contributed by atoms with Crippen LogP contribution in [0.4, 0.5) is 0 Å². The Kier molecular flexibility index (Phi) is 12.1. The molecule has 0 aliphatic rings. The summed E-state index contributed by atoms with van der Waals surface area (Å²) in [6, 6.07) is 0. The van der Waals surface area contributed by atoms with Crippen LogP contribution in [0.1, 0.15) is 52.4 Å². The van der Waals surface area contributed by atoms with Gasteiger partial charge in [-0.25, -0.2) is 5.09 Å². The van der Waals surface area contributed by atoms with Crippen LogP contribution < -0.4 is 5.09 Å². The van der Waals surface area contributed by atoms with Gasteiger partial charge in [0.1, 0.15) is 0 Å². The molecule has 0 aromatic carbocycles.